The predicted octanol–water partition coefficient (Wildman–Crippen LogP) is 3.11. The molecule has 0 aromatic heterocycles. The number of rotatable bonds is 3. The van der Waals surface area contributed by atoms with E-state index < -0.39 is 6.09 Å². The van der Waals surface area contributed by atoms with Gasteiger partial charge in [0.15, 0.2) is 0 Å². The van der Waals surface area contributed by atoms with Crippen LogP contribution in [0.25, 0.3) is 0 Å². The lowest BCUT2D eigenvalue weighted by Crippen LogP contribution is -2.56. The molecule has 0 radical (unpaired) electrons. The molecule has 0 saturated heterocycles. The zero-order valence-electron chi connectivity index (χ0n) is 11.4. The first-order valence-electron chi connectivity index (χ1n) is 6.51. The van der Waals surface area contributed by atoms with E-state index in [4.69, 9.17) is 4.74 Å². The van der Waals surface area contributed by atoms with Crippen LogP contribution in [0.5, 0.6) is 0 Å². The van der Waals surface area contributed by atoms with Gasteiger partial charge < -0.3 is 9.84 Å². The number of hydrogen-bond acceptors (Lipinski definition) is 2. The van der Waals surface area contributed by atoms with Crippen LogP contribution in [0.3, 0.4) is 0 Å². The van der Waals surface area contributed by atoms with Gasteiger partial charge >= 0.3 is 6.09 Å². The van der Waals surface area contributed by atoms with Crippen LogP contribution in [0.1, 0.15) is 53.4 Å². The van der Waals surface area contributed by atoms with Gasteiger partial charge in [-0.2, -0.15) is 0 Å². The van der Waals surface area contributed by atoms with Crippen LogP contribution in [0.15, 0.2) is 0 Å². The molecule has 100 valence electrons. The van der Waals surface area contributed by atoms with E-state index in [9.17, 15) is 9.90 Å². The summed E-state index contributed by atoms with van der Waals surface area (Å²) in [6, 6.07) is 0.00111. The Morgan fingerprint density at radius 1 is 1.35 bits per heavy atom. The summed E-state index contributed by atoms with van der Waals surface area (Å²) in [6.07, 6.45) is 3.33. The number of nitrogens with zero attached hydrogens (tertiary/aromatic N) is 1. The first kappa shape index (κ1) is 14.3. The third-order valence-electron chi connectivity index (χ3n) is 3.31. The minimum absolute atomic E-state index is 0.00111. The monoisotopic (exact) mass is 243 g/mol. The normalized spacial score (nSPS) is 25.6. The minimum atomic E-state index is -0.839. The minimum Gasteiger partial charge on any atom is -0.465 e. The van der Waals surface area contributed by atoms with Crippen molar-refractivity contribution in [3.05, 3.63) is 0 Å². The van der Waals surface area contributed by atoms with Crippen molar-refractivity contribution >= 4 is 6.09 Å². The van der Waals surface area contributed by atoms with Crippen LogP contribution in [0.2, 0.25) is 0 Å². The van der Waals surface area contributed by atoms with E-state index in [1.54, 1.807) is 4.90 Å². The van der Waals surface area contributed by atoms with E-state index in [1.165, 1.54) is 0 Å². The van der Waals surface area contributed by atoms with Gasteiger partial charge in [0.25, 0.3) is 0 Å². The maximum atomic E-state index is 11.5. The topological polar surface area (TPSA) is 49.8 Å². The summed E-state index contributed by atoms with van der Waals surface area (Å²) in [6.45, 7) is 8.45. The van der Waals surface area contributed by atoms with E-state index in [2.05, 4.69) is 0 Å². The second kappa shape index (κ2) is 5.71. The standard InChI is InChI=1S/C13H25NO3/c1-5-17-11-9-7-6-8-10(11)14(12(15)16)13(2,3)4/h10-11H,5-9H2,1-4H3,(H,15,16)/t10-,11+/m1/s1. The Balaban J connectivity index is 2.86. The smallest absolute Gasteiger partial charge is 0.408 e. The van der Waals surface area contributed by atoms with Crippen LogP contribution in [0.4, 0.5) is 4.79 Å². The van der Waals surface area contributed by atoms with Gasteiger partial charge in [-0.3, -0.25) is 4.90 Å². The molecule has 1 aliphatic carbocycles. The molecule has 1 N–H and O–H groups in total. The highest BCUT2D eigenvalue weighted by molar-refractivity contribution is 5.66. The lowest BCUT2D eigenvalue weighted by atomic mass is 9.88. The Bertz CT molecular complexity index is 258. The lowest BCUT2D eigenvalue weighted by molar-refractivity contribution is -0.0485. The Hall–Kier alpha value is -0.770. The molecule has 0 aromatic carbocycles. The van der Waals surface area contributed by atoms with Crippen LogP contribution < -0.4 is 0 Å². The predicted molar refractivity (Wildman–Crippen MR) is 67.3 cm³/mol. The van der Waals surface area contributed by atoms with Gasteiger partial charge in [-0.15, -0.1) is 0 Å². The van der Waals surface area contributed by atoms with E-state index >= 15 is 0 Å². The molecule has 1 fully saturated rings. The van der Waals surface area contributed by atoms with Crippen molar-refractivity contribution in [3.63, 3.8) is 0 Å². The molecule has 0 unspecified atom stereocenters. The van der Waals surface area contributed by atoms with Crippen molar-refractivity contribution in [2.45, 2.75) is 71.1 Å². The lowest BCUT2D eigenvalue weighted by Gasteiger charge is -2.44. The molecular weight excluding hydrogens is 218 g/mol. The quantitative estimate of drug-likeness (QED) is 0.828. The van der Waals surface area contributed by atoms with Crippen molar-refractivity contribution in [3.8, 4) is 0 Å². The third kappa shape index (κ3) is 3.60. The number of amides is 1. The molecule has 17 heavy (non-hydrogen) atoms. The molecule has 0 spiro atoms. The van der Waals surface area contributed by atoms with Gasteiger partial charge in [-0.25, -0.2) is 4.79 Å². The summed E-state index contributed by atoms with van der Waals surface area (Å²) in [7, 11) is 0. The fourth-order valence-corrected chi connectivity index (χ4v) is 2.71. The highest BCUT2D eigenvalue weighted by Gasteiger charge is 2.39. The summed E-state index contributed by atoms with van der Waals surface area (Å²) in [5.74, 6) is 0. The second-order valence-corrected chi connectivity index (χ2v) is 5.67. The summed E-state index contributed by atoms with van der Waals surface area (Å²) >= 11 is 0. The Labute approximate surface area is 104 Å². The molecule has 0 aromatic rings. The summed E-state index contributed by atoms with van der Waals surface area (Å²) in [4.78, 5) is 13.0. The average molecular weight is 243 g/mol. The highest BCUT2D eigenvalue weighted by Crippen LogP contribution is 2.30. The number of hydrogen-bond donors (Lipinski definition) is 1. The number of carbonyl (C=O) groups is 1. The largest absolute Gasteiger partial charge is 0.465 e. The maximum absolute atomic E-state index is 11.5. The molecular formula is C13H25NO3. The van der Waals surface area contributed by atoms with Crippen LogP contribution in [-0.2, 0) is 4.74 Å². The number of ether oxygens (including phenoxy) is 1. The van der Waals surface area contributed by atoms with Gasteiger partial charge in [0.2, 0.25) is 0 Å². The SMILES string of the molecule is CCO[C@H]1CCCC[C@H]1N(C(=O)O)C(C)(C)C. The number of carboxylic acid groups (broad SMARTS) is 1. The Morgan fingerprint density at radius 2 is 1.94 bits per heavy atom. The average Bonchev–Trinajstić information content (AvgIpc) is 2.18. The van der Waals surface area contributed by atoms with Crippen LogP contribution in [0, 0.1) is 0 Å². The zero-order valence-corrected chi connectivity index (χ0v) is 11.4. The van der Waals surface area contributed by atoms with Gasteiger partial charge in [-0.05, 0) is 40.5 Å². The fourth-order valence-electron chi connectivity index (χ4n) is 2.71. The first-order chi connectivity index (χ1) is 7.88. The van der Waals surface area contributed by atoms with Crippen molar-refractivity contribution in [2.24, 2.45) is 0 Å². The van der Waals surface area contributed by atoms with E-state index in [0.29, 0.717) is 6.61 Å². The van der Waals surface area contributed by atoms with Gasteiger partial charge in [0, 0.05) is 12.1 Å². The van der Waals surface area contributed by atoms with Gasteiger partial charge in [-0.1, -0.05) is 12.8 Å². The van der Waals surface area contributed by atoms with E-state index in [-0.39, 0.29) is 17.7 Å². The third-order valence-corrected chi connectivity index (χ3v) is 3.31. The fraction of sp³-hybridized carbons (Fsp3) is 0.923. The molecule has 4 heteroatoms. The van der Waals surface area contributed by atoms with Crippen molar-refractivity contribution < 1.29 is 14.6 Å². The van der Waals surface area contributed by atoms with Crippen LogP contribution in [-0.4, -0.2) is 40.4 Å². The maximum Gasteiger partial charge on any atom is 0.408 e. The van der Waals surface area contributed by atoms with Crippen molar-refractivity contribution in [1.29, 1.82) is 0 Å². The molecule has 4 nitrogen and oxygen atoms in total. The molecule has 0 heterocycles. The van der Waals surface area contributed by atoms with Crippen molar-refractivity contribution in [1.82, 2.24) is 4.90 Å². The van der Waals surface area contributed by atoms with E-state index in [1.807, 2.05) is 27.7 Å². The van der Waals surface area contributed by atoms with Gasteiger partial charge in [0.1, 0.15) is 0 Å². The zero-order chi connectivity index (χ0) is 13.1. The molecule has 0 bridgehead atoms. The Morgan fingerprint density at radius 3 is 2.41 bits per heavy atom. The second-order valence-electron chi connectivity index (χ2n) is 5.67. The molecule has 1 saturated carbocycles. The van der Waals surface area contributed by atoms with Crippen molar-refractivity contribution in [2.75, 3.05) is 6.61 Å². The van der Waals surface area contributed by atoms with Crippen LogP contribution >= 0.6 is 0 Å². The highest BCUT2D eigenvalue weighted by atomic mass is 16.5. The summed E-state index contributed by atoms with van der Waals surface area (Å²) in [5, 5.41) is 9.42. The molecule has 1 aliphatic rings. The first-order valence-corrected chi connectivity index (χ1v) is 6.51. The van der Waals surface area contributed by atoms with Gasteiger partial charge in [0.05, 0.1) is 12.1 Å². The summed E-state index contributed by atoms with van der Waals surface area (Å²) < 4.78 is 5.72. The summed E-state index contributed by atoms with van der Waals surface area (Å²) in [5.41, 5.74) is -0.372. The molecule has 1 amide bonds. The molecule has 2 atom stereocenters. The molecule has 1 rings (SSSR count). The van der Waals surface area contributed by atoms with E-state index in [0.717, 1.165) is 25.7 Å². The molecule has 0 aliphatic heterocycles. The Kier molecular flexibility index (Phi) is 4.80.